The molecule has 0 aliphatic rings. The molecule has 0 atom stereocenters. The molecule has 2 rings (SSSR count). The second-order valence-corrected chi connectivity index (χ2v) is 5.08. The van der Waals surface area contributed by atoms with Gasteiger partial charge in [0.2, 0.25) is 0 Å². The van der Waals surface area contributed by atoms with E-state index in [-0.39, 0.29) is 0 Å². The van der Waals surface area contributed by atoms with Crippen LogP contribution in [0.3, 0.4) is 0 Å². The van der Waals surface area contributed by atoms with E-state index in [2.05, 4.69) is 85.9 Å². The average molecular weight is 251 g/mol. The Balaban J connectivity index is 2.13. The first kappa shape index (κ1) is 13.4. The maximum atomic E-state index is 2.24. The van der Waals surface area contributed by atoms with Crippen molar-refractivity contribution in [3.05, 3.63) is 83.6 Å². The van der Waals surface area contributed by atoms with E-state index in [1.165, 1.54) is 16.7 Å². The summed E-state index contributed by atoms with van der Waals surface area (Å²) in [5.41, 5.74) is 4.17. The highest BCUT2D eigenvalue weighted by atomic mass is 15.0. The van der Waals surface area contributed by atoms with Gasteiger partial charge in [-0.25, -0.2) is 0 Å². The molecule has 0 amide bonds. The summed E-state index contributed by atoms with van der Waals surface area (Å²) in [6, 6.07) is 21.3. The summed E-state index contributed by atoms with van der Waals surface area (Å²) in [5, 5.41) is 0. The molecule has 98 valence electrons. The van der Waals surface area contributed by atoms with Gasteiger partial charge in [0.05, 0.1) is 0 Å². The predicted molar refractivity (Wildman–Crippen MR) is 82.1 cm³/mol. The van der Waals surface area contributed by atoms with Crippen molar-refractivity contribution in [1.29, 1.82) is 0 Å². The van der Waals surface area contributed by atoms with E-state index >= 15 is 0 Å². The first-order valence-corrected chi connectivity index (χ1v) is 6.68. The monoisotopic (exact) mass is 251 g/mol. The number of nitrogens with zero attached hydrogens (tertiary/aromatic N) is 1. The van der Waals surface area contributed by atoms with Crippen molar-refractivity contribution < 1.29 is 0 Å². The van der Waals surface area contributed by atoms with Crippen molar-refractivity contribution >= 4 is 0 Å². The highest BCUT2D eigenvalue weighted by Crippen LogP contribution is 2.14. The number of rotatable bonds is 5. The Morgan fingerprint density at radius 3 is 1.58 bits per heavy atom. The van der Waals surface area contributed by atoms with Crippen LogP contribution in [0.5, 0.6) is 0 Å². The van der Waals surface area contributed by atoms with E-state index in [0.29, 0.717) is 0 Å². The zero-order chi connectivity index (χ0) is 13.5. The predicted octanol–water partition coefficient (Wildman–Crippen LogP) is 3.92. The van der Waals surface area contributed by atoms with Crippen LogP contribution in [0.15, 0.2) is 72.4 Å². The molecule has 0 saturated carbocycles. The second-order valence-electron chi connectivity index (χ2n) is 5.08. The van der Waals surface area contributed by atoms with E-state index in [1.54, 1.807) is 0 Å². The Labute approximate surface area is 116 Å². The molecule has 0 heterocycles. The minimum atomic E-state index is 1.01. The summed E-state index contributed by atoms with van der Waals surface area (Å²) in [7, 11) is 4.16. The van der Waals surface area contributed by atoms with Crippen LogP contribution >= 0.6 is 0 Å². The molecule has 0 spiro atoms. The van der Waals surface area contributed by atoms with Crippen LogP contribution < -0.4 is 0 Å². The van der Waals surface area contributed by atoms with Crippen molar-refractivity contribution in [3.63, 3.8) is 0 Å². The number of hydrogen-bond acceptors (Lipinski definition) is 1. The zero-order valence-electron chi connectivity index (χ0n) is 11.7. The van der Waals surface area contributed by atoms with Crippen LogP contribution in [0.25, 0.3) is 0 Å². The van der Waals surface area contributed by atoms with Crippen LogP contribution in [0, 0.1) is 0 Å². The van der Waals surface area contributed by atoms with Gasteiger partial charge in [-0.15, -0.1) is 0 Å². The maximum absolute atomic E-state index is 2.24. The molecule has 0 unspecified atom stereocenters. The highest BCUT2D eigenvalue weighted by molar-refractivity contribution is 5.27. The third-order valence-electron chi connectivity index (χ3n) is 2.99. The normalized spacial score (nSPS) is 10.0. The molecule has 0 bridgehead atoms. The molecule has 19 heavy (non-hydrogen) atoms. The fourth-order valence-electron chi connectivity index (χ4n) is 2.24. The molecule has 0 aromatic heterocycles. The van der Waals surface area contributed by atoms with Crippen LogP contribution in [0.1, 0.15) is 11.1 Å². The maximum Gasteiger partial charge on any atom is 0.00556 e. The number of allylic oxidation sites excluding steroid dienone is 1. The minimum Gasteiger partial charge on any atom is -0.384 e. The fraction of sp³-hybridized carbons (Fsp3) is 0.222. The summed E-state index contributed by atoms with van der Waals surface area (Å²) in [6.07, 6.45) is 4.25. The van der Waals surface area contributed by atoms with Gasteiger partial charge < -0.3 is 4.90 Å². The average Bonchev–Trinajstić information content (AvgIpc) is 2.40. The van der Waals surface area contributed by atoms with E-state index in [4.69, 9.17) is 0 Å². The summed E-state index contributed by atoms with van der Waals surface area (Å²) in [6.45, 7) is 0. The highest BCUT2D eigenvalue weighted by Gasteiger charge is 2.02. The lowest BCUT2D eigenvalue weighted by Crippen LogP contribution is -2.06. The lowest BCUT2D eigenvalue weighted by Gasteiger charge is -2.13. The smallest absolute Gasteiger partial charge is 0.00556 e. The molecule has 2 aromatic rings. The first-order valence-electron chi connectivity index (χ1n) is 6.68. The Morgan fingerprint density at radius 1 is 0.789 bits per heavy atom. The summed E-state index contributed by atoms with van der Waals surface area (Å²) in [4.78, 5) is 2.13. The fourth-order valence-corrected chi connectivity index (χ4v) is 2.24. The third-order valence-corrected chi connectivity index (χ3v) is 2.99. The Hall–Kier alpha value is -2.02. The topological polar surface area (TPSA) is 3.24 Å². The van der Waals surface area contributed by atoms with Gasteiger partial charge in [-0.2, -0.15) is 0 Å². The SMILES string of the molecule is CN(C)C=C(Cc1ccccc1)Cc1ccccc1. The Bertz CT molecular complexity index is 468. The molecule has 0 radical (unpaired) electrons. The summed E-state index contributed by atoms with van der Waals surface area (Å²) >= 11 is 0. The van der Waals surface area contributed by atoms with Crippen molar-refractivity contribution in [2.24, 2.45) is 0 Å². The largest absolute Gasteiger partial charge is 0.384 e. The van der Waals surface area contributed by atoms with E-state index < -0.39 is 0 Å². The molecule has 1 heteroatoms. The van der Waals surface area contributed by atoms with E-state index in [1.807, 2.05) is 0 Å². The van der Waals surface area contributed by atoms with Gasteiger partial charge in [-0.05, 0) is 35.7 Å². The van der Waals surface area contributed by atoms with Gasteiger partial charge in [-0.3, -0.25) is 0 Å². The molecule has 0 saturated heterocycles. The molecule has 0 N–H and O–H groups in total. The first-order chi connectivity index (χ1) is 9.24. The Morgan fingerprint density at radius 2 is 1.21 bits per heavy atom. The zero-order valence-corrected chi connectivity index (χ0v) is 11.7. The van der Waals surface area contributed by atoms with Crippen molar-refractivity contribution in [3.8, 4) is 0 Å². The molecule has 2 aromatic carbocycles. The second kappa shape index (κ2) is 6.79. The van der Waals surface area contributed by atoms with Gasteiger partial charge in [0.1, 0.15) is 0 Å². The lowest BCUT2D eigenvalue weighted by molar-refractivity contribution is 0.554. The molecule has 0 aliphatic carbocycles. The standard InChI is InChI=1S/C18H21N/c1-19(2)15-18(13-16-9-5-3-6-10-16)14-17-11-7-4-8-12-17/h3-12,15H,13-14H2,1-2H3. The third kappa shape index (κ3) is 4.63. The minimum absolute atomic E-state index is 1.01. The van der Waals surface area contributed by atoms with Gasteiger partial charge in [-0.1, -0.05) is 60.7 Å². The quantitative estimate of drug-likeness (QED) is 0.778. The van der Waals surface area contributed by atoms with Crippen LogP contribution in [0.4, 0.5) is 0 Å². The molecule has 1 nitrogen and oxygen atoms in total. The number of hydrogen-bond donors (Lipinski definition) is 0. The van der Waals surface area contributed by atoms with Crippen molar-refractivity contribution in [2.45, 2.75) is 12.8 Å². The summed E-state index contributed by atoms with van der Waals surface area (Å²) in [5.74, 6) is 0. The molecule has 0 fully saturated rings. The molecular formula is C18H21N. The van der Waals surface area contributed by atoms with Gasteiger partial charge in [0.25, 0.3) is 0 Å². The van der Waals surface area contributed by atoms with Crippen LogP contribution in [-0.2, 0) is 12.8 Å². The Kier molecular flexibility index (Phi) is 4.79. The molecule has 0 aliphatic heterocycles. The molecular weight excluding hydrogens is 230 g/mol. The van der Waals surface area contributed by atoms with Crippen LogP contribution in [0.2, 0.25) is 0 Å². The lowest BCUT2D eigenvalue weighted by atomic mass is 9.99. The van der Waals surface area contributed by atoms with E-state index in [0.717, 1.165) is 12.8 Å². The van der Waals surface area contributed by atoms with Gasteiger partial charge in [0, 0.05) is 14.1 Å². The van der Waals surface area contributed by atoms with Gasteiger partial charge in [0.15, 0.2) is 0 Å². The van der Waals surface area contributed by atoms with Crippen molar-refractivity contribution in [2.75, 3.05) is 14.1 Å². The van der Waals surface area contributed by atoms with E-state index in [9.17, 15) is 0 Å². The number of benzene rings is 2. The van der Waals surface area contributed by atoms with Crippen LogP contribution in [-0.4, -0.2) is 19.0 Å². The summed E-state index contributed by atoms with van der Waals surface area (Å²) < 4.78 is 0. The van der Waals surface area contributed by atoms with Gasteiger partial charge >= 0.3 is 0 Å². The van der Waals surface area contributed by atoms with Crippen molar-refractivity contribution in [1.82, 2.24) is 4.90 Å².